The minimum Gasteiger partial charge on any atom is -0.340 e. The minimum absolute atomic E-state index is 0. The second-order valence-corrected chi connectivity index (χ2v) is 7.75. The van der Waals surface area contributed by atoms with Crippen molar-refractivity contribution in [2.24, 2.45) is 11.7 Å². The minimum atomic E-state index is -0.152. The lowest BCUT2D eigenvalue weighted by Crippen LogP contribution is -2.46. The number of rotatable bonds is 3. The van der Waals surface area contributed by atoms with Crippen LogP contribution in [0.25, 0.3) is 0 Å². The highest BCUT2D eigenvalue weighted by Gasteiger charge is 2.38. The van der Waals surface area contributed by atoms with E-state index in [4.69, 9.17) is 5.73 Å². The van der Waals surface area contributed by atoms with E-state index in [0.717, 1.165) is 12.8 Å². The predicted molar refractivity (Wildman–Crippen MR) is 121 cm³/mol. The molecule has 0 spiro atoms. The van der Waals surface area contributed by atoms with Crippen LogP contribution in [0.3, 0.4) is 0 Å². The van der Waals surface area contributed by atoms with Gasteiger partial charge in [0.15, 0.2) is 0 Å². The quantitative estimate of drug-likeness (QED) is 0.779. The average molecular weight is 451 g/mol. The van der Waals surface area contributed by atoms with Gasteiger partial charge in [-0.3, -0.25) is 14.6 Å². The molecule has 3 atom stereocenters. The highest BCUT2D eigenvalue weighted by molar-refractivity contribution is 5.94. The summed E-state index contributed by atoms with van der Waals surface area (Å²) < 4.78 is 0. The van der Waals surface area contributed by atoms with E-state index >= 15 is 0 Å². The number of amides is 2. The molecule has 2 aliphatic rings. The van der Waals surface area contributed by atoms with Crippen molar-refractivity contribution in [1.29, 1.82) is 0 Å². The molecule has 2 saturated heterocycles. The summed E-state index contributed by atoms with van der Waals surface area (Å²) in [5.74, 6) is 0.117. The number of nitrogens with two attached hydrogens (primary N) is 1. The smallest absolute Gasteiger partial charge is 0.253 e. The lowest BCUT2D eigenvalue weighted by Gasteiger charge is -2.34. The molecule has 0 aliphatic carbocycles. The number of carbonyl (C=O) groups excluding carboxylic acids is 2. The molecule has 0 saturated carbocycles. The lowest BCUT2D eigenvalue weighted by molar-refractivity contribution is -0.135. The number of aromatic nitrogens is 1. The van der Waals surface area contributed by atoms with Crippen LogP contribution in [0.15, 0.2) is 54.9 Å². The summed E-state index contributed by atoms with van der Waals surface area (Å²) in [4.78, 5) is 33.5. The van der Waals surface area contributed by atoms with Gasteiger partial charge in [-0.2, -0.15) is 0 Å². The van der Waals surface area contributed by atoms with Crippen molar-refractivity contribution in [3.8, 4) is 0 Å². The maximum Gasteiger partial charge on any atom is 0.253 e. The zero-order chi connectivity index (χ0) is 19.5. The fourth-order valence-corrected chi connectivity index (χ4v) is 4.36. The van der Waals surface area contributed by atoms with E-state index in [1.807, 2.05) is 23.1 Å². The van der Waals surface area contributed by atoms with Crippen molar-refractivity contribution < 1.29 is 9.59 Å². The Kier molecular flexibility index (Phi) is 8.65. The summed E-state index contributed by atoms with van der Waals surface area (Å²) in [6.07, 6.45) is 4.90. The van der Waals surface area contributed by atoms with Crippen LogP contribution in [0, 0.1) is 5.92 Å². The Morgan fingerprint density at radius 2 is 1.63 bits per heavy atom. The van der Waals surface area contributed by atoms with Crippen molar-refractivity contribution in [3.63, 3.8) is 0 Å². The monoisotopic (exact) mass is 450 g/mol. The Labute approximate surface area is 189 Å². The van der Waals surface area contributed by atoms with Crippen LogP contribution in [-0.2, 0) is 4.79 Å². The molecule has 6 nitrogen and oxygen atoms in total. The Hall–Kier alpha value is -2.15. The third-order valence-corrected chi connectivity index (χ3v) is 5.89. The zero-order valence-corrected chi connectivity index (χ0v) is 18.4. The third-order valence-electron chi connectivity index (χ3n) is 5.89. The fourth-order valence-electron chi connectivity index (χ4n) is 4.36. The van der Waals surface area contributed by atoms with Gasteiger partial charge in [0.2, 0.25) is 5.91 Å². The largest absolute Gasteiger partial charge is 0.340 e. The molecule has 0 bridgehead atoms. The Morgan fingerprint density at radius 1 is 0.933 bits per heavy atom. The first kappa shape index (κ1) is 24.1. The summed E-state index contributed by atoms with van der Waals surface area (Å²) in [5.41, 5.74) is 8.16. The van der Waals surface area contributed by atoms with E-state index in [1.165, 1.54) is 5.56 Å². The molecule has 1 aromatic heterocycles. The number of carbonyl (C=O) groups is 2. The van der Waals surface area contributed by atoms with Crippen LogP contribution < -0.4 is 5.73 Å². The molecule has 4 rings (SSSR count). The fraction of sp³-hybridized carbons (Fsp3) is 0.409. The van der Waals surface area contributed by atoms with Gasteiger partial charge < -0.3 is 15.5 Å². The molecule has 3 heterocycles. The number of benzene rings is 1. The molecule has 1 aromatic carbocycles. The predicted octanol–water partition coefficient (Wildman–Crippen LogP) is 2.73. The Balaban J connectivity index is 0.00000160. The molecule has 2 amide bonds. The molecule has 1 unspecified atom stereocenters. The van der Waals surface area contributed by atoms with Gasteiger partial charge in [0.25, 0.3) is 5.91 Å². The number of piperidine rings is 1. The van der Waals surface area contributed by atoms with E-state index in [1.54, 1.807) is 29.4 Å². The molecule has 162 valence electrons. The zero-order valence-electron chi connectivity index (χ0n) is 16.7. The summed E-state index contributed by atoms with van der Waals surface area (Å²) in [7, 11) is 0. The normalized spacial score (nSPS) is 23.3. The second-order valence-electron chi connectivity index (χ2n) is 7.75. The number of likely N-dealkylation sites (tertiary alicyclic amines) is 2. The van der Waals surface area contributed by atoms with Crippen molar-refractivity contribution >= 4 is 36.6 Å². The summed E-state index contributed by atoms with van der Waals surface area (Å²) in [5, 5.41) is 0. The van der Waals surface area contributed by atoms with Crippen molar-refractivity contribution in [2.45, 2.75) is 24.8 Å². The van der Waals surface area contributed by atoms with Gasteiger partial charge in [-0.15, -0.1) is 24.8 Å². The highest BCUT2D eigenvalue weighted by Crippen LogP contribution is 2.29. The van der Waals surface area contributed by atoms with Gasteiger partial charge in [-0.1, -0.05) is 30.3 Å². The molecule has 8 heteroatoms. The molecular formula is C22H28Cl2N4O2. The SMILES string of the molecule is Cl.Cl.N[C@@H]1CN(C(=O)C2CCCN(C(=O)c3ccncc3)C2)C[C@H]1c1ccccc1. The maximum atomic E-state index is 13.1. The van der Waals surface area contributed by atoms with E-state index in [9.17, 15) is 9.59 Å². The Morgan fingerprint density at radius 3 is 2.33 bits per heavy atom. The van der Waals surface area contributed by atoms with Gasteiger partial charge in [0.1, 0.15) is 0 Å². The first-order chi connectivity index (χ1) is 13.6. The molecule has 2 aliphatic heterocycles. The highest BCUT2D eigenvalue weighted by atomic mass is 35.5. The summed E-state index contributed by atoms with van der Waals surface area (Å²) in [6.45, 7) is 2.39. The maximum absolute atomic E-state index is 13.1. The number of nitrogens with zero attached hydrogens (tertiary/aromatic N) is 3. The molecule has 0 radical (unpaired) electrons. The number of halogens is 2. The van der Waals surface area contributed by atoms with E-state index in [2.05, 4.69) is 17.1 Å². The van der Waals surface area contributed by atoms with E-state index in [0.29, 0.717) is 31.7 Å². The first-order valence-electron chi connectivity index (χ1n) is 9.92. The van der Waals surface area contributed by atoms with Crippen molar-refractivity contribution in [3.05, 3.63) is 66.0 Å². The second kappa shape index (κ2) is 10.8. The molecule has 2 aromatic rings. The van der Waals surface area contributed by atoms with Crippen molar-refractivity contribution in [2.75, 3.05) is 26.2 Å². The van der Waals surface area contributed by atoms with Gasteiger partial charge in [0.05, 0.1) is 5.92 Å². The number of hydrogen-bond donors (Lipinski definition) is 1. The van der Waals surface area contributed by atoms with Gasteiger partial charge in [-0.05, 0) is 30.5 Å². The topological polar surface area (TPSA) is 79.5 Å². The van der Waals surface area contributed by atoms with E-state index < -0.39 is 0 Å². The third kappa shape index (κ3) is 5.12. The lowest BCUT2D eigenvalue weighted by atomic mass is 9.95. The summed E-state index contributed by atoms with van der Waals surface area (Å²) >= 11 is 0. The Bertz CT molecular complexity index is 838. The average Bonchev–Trinajstić information content (AvgIpc) is 3.15. The van der Waals surface area contributed by atoms with Crippen LogP contribution in [0.4, 0.5) is 0 Å². The first-order valence-corrected chi connectivity index (χ1v) is 9.92. The van der Waals surface area contributed by atoms with Crippen LogP contribution in [0.5, 0.6) is 0 Å². The standard InChI is InChI=1S/C22H26N4O2.2ClH/c23-20-15-26(14-19(20)16-5-2-1-3-6-16)22(28)18-7-4-12-25(13-18)21(27)17-8-10-24-11-9-17;;/h1-3,5-6,8-11,18-20H,4,7,12-15,23H2;2*1H/t18?,19-,20+;;/m0../s1. The molecule has 2 fully saturated rings. The van der Waals surface area contributed by atoms with Gasteiger partial charge in [0, 0.05) is 56.1 Å². The van der Waals surface area contributed by atoms with Gasteiger partial charge >= 0.3 is 0 Å². The van der Waals surface area contributed by atoms with Crippen LogP contribution >= 0.6 is 24.8 Å². The van der Waals surface area contributed by atoms with Crippen LogP contribution in [0.1, 0.15) is 34.7 Å². The van der Waals surface area contributed by atoms with Crippen LogP contribution in [0.2, 0.25) is 0 Å². The molecule has 30 heavy (non-hydrogen) atoms. The molecular weight excluding hydrogens is 423 g/mol. The number of pyridine rings is 1. The van der Waals surface area contributed by atoms with Gasteiger partial charge in [-0.25, -0.2) is 0 Å². The van der Waals surface area contributed by atoms with E-state index in [-0.39, 0.29) is 54.5 Å². The molecule has 2 N–H and O–H groups in total. The van der Waals surface area contributed by atoms with Crippen molar-refractivity contribution in [1.82, 2.24) is 14.8 Å². The summed E-state index contributed by atoms with van der Waals surface area (Å²) in [6, 6.07) is 13.6. The number of hydrogen-bond acceptors (Lipinski definition) is 4. The van der Waals surface area contributed by atoms with Crippen LogP contribution in [-0.4, -0.2) is 58.8 Å².